The number of carbonyl (C=O) groups is 3. The van der Waals surface area contributed by atoms with Crippen LogP contribution < -0.4 is 10.0 Å². The minimum Gasteiger partial charge on any atom is -0.460 e. The topological polar surface area (TPSA) is 128 Å². The fourth-order valence-electron chi connectivity index (χ4n) is 2.40. The molecule has 0 heterocycles. The lowest BCUT2D eigenvalue weighted by Crippen LogP contribution is -2.44. The average Bonchev–Trinajstić information content (AvgIpc) is 2.58. The zero-order chi connectivity index (χ0) is 24.3. The molecule has 10 heteroatoms. The molecule has 0 spiro atoms. The monoisotopic (exact) mass is 462 g/mol. The lowest BCUT2D eigenvalue weighted by molar-refractivity contribution is -0.160. The molecule has 1 unspecified atom stereocenters. The molecule has 31 heavy (non-hydrogen) atoms. The number of esters is 2. The van der Waals surface area contributed by atoms with Gasteiger partial charge in [-0.15, -0.1) is 0 Å². The van der Waals surface area contributed by atoms with Crippen LogP contribution in [-0.2, 0) is 33.9 Å². The van der Waals surface area contributed by atoms with E-state index in [2.05, 4.69) is 16.6 Å². The summed E-state index contributed by atoms with van der Waals surface area (Å²) in [6.07, 6.45) is 1.91. The van der Waals surface area contributed by atoms with Crippen molar-refractivity contribution in [3.8, 4) is 0 Å². The summed E-state index contributed by atoms with van der Waals surface area (Å²) in [6.45, 7) is 13.9. The Morgan fingerprint density at radius 2 is 1.52 bits per heavy atom. The first-order chi connectivity index (χ1) is 14.0. The molecule has 1 atom stereocenters. The van der Waals surface area contributed by atoms with E-state index in [1.54, 1.807) is 41.5 Å². The molecular formula is C21H38N2O7S. The molecule has 0 saturated carbocycles. The predicted octanol–water partition coefficient (Wildman–Crippen LogP) is 2.56. The highest BCUT2D eigenvalue weighted by Crippen LogP contribution is 2.14. The number of nitrogens with one attached hydrogen (secondary N) is 2. The van der Waals surface area contributed by atoms with E-state index in [1.165, 1.54) is 0 Å². The van der Waals surface area contributed by atoms with Crippen molar-refractivity contribution < 1.29 is 32.3 Å². The summed E-state index contributed by atoms with van der Waals surface area (Å²) in [5.74, 6) is -1.41. The molecule has 0 aromatic carbocycles. The number of sulfonamides is 1. The summed E-state index contributed by atoms with van der Waals surface area (Å²) in [5, 5.41) is 3.48. The van der Waals surface area contributed by atoms with Gasteiger partial charge in [0.1, 0.15) is 17.2 Å². The van der Waals surface area contributed by atoms with Crippen molar-refractivity contribution in [3.63, 3.8) is 0 Å². The van der Waals surface area contributed by atoms with E-state index >= 15 is 0 Å². The number of unbranched alkanes of at least 4 members (excludes halogenated alkanes) is 2. The highest BCUT2D eigenvalue weighted by molar-refractivity contribution is 7.92. The smallest absolute Gasteiger partial charge is 0.329 e. The summed E-state index contributed by atoms with van der Waals surface area (Å²) in [6, 6.07) is -0.960. The number of hydrogen-bond acceptors (Lipinski definition) is 7. The molecule has 0 aliphatic carbocycles. The van der Waals surface area contributed by atoms with Crippen LogP contribution in [0.2, 0.25) is 0 Å². The van der Waals surface area contributed by atoms with Gasteiger partial charge in [-0.25, -0.2) is 17.9 Å². The van der Waals surface area contributed by atoms with Gasteiger partial charge in [0.05, 0.1) is 0 Å². The van der Waals surface area contributed by atoms with Gasteiger partial charge in [-0.2, -0.15) is 0 Å². The second-order valence-electron chi connectivity index (χ2n) is 9.20. The molecule has 0 aliphatic rings. The fraction of sp³-hybridized carbons (Fsp3) is 0.762. The Bertz CT molecular complexity index is 719. The maximum atomic E-state index is 12.5. The highest BCUT2D eigenvalue weighted by atomic mass is 32.2. The first-order valence-electron chi connectivity index (χ1n) is 10.4. The van der Waals surface area contributed by atoms with E-state index in [0.717, 1.165) is 5.41 Å². The molecule has 0 aromatic heterocycles. The average molecular weight is 463 g/mol. The van der Waals surface area contributed by atoms with Crippen molar-refractivity contribution in [2.75, 3.05) is 6.54 Å². The molecule has 0 aliphatic heterocycles. The molecular weight excluding hydrogens is 424 g/mol. The maximum Gasteiger partial charge on any atom is 0.329 e. The summed E-state index contributed by atoms with van der Waals surface area (Å²) >= 11 is 0. The van der Waals surface area contributed by atoms with Crippen molar-refractivity contribution in [3.05, 3.63) is 12.0 Å². The van der Waals surface area contributed by atoms with Gasteiger partial charge in [-0.05, 0) is 60.8 Å². The van der Waals surface area contributed by atoms with Crippen molar-refractivity contribution in [2.24, 2.45) is 0 Å². The molecule has 9 nitrogen and oxygen atoms in total. The first-order valence-corrected chi connectivity index (χ1v) is 12.0. The Labute approximate surface area is 186 Å². The largest absolute Gasteiger partial charge is 0.460 e. The lowest BCUT2D eigenvalue weighted by Gasteiger charge is -2.25. The molecule has 0 aromatic rings. The van der Waals surface area contributed by atoms with Crippen LogP contribution in [0.3, 0.4) is 0 Å². The van der Waals surface area contributed by atoms with E-state index in [0.29, 0.717) is 19.3 Å². The summed E-state index contributed by atoms with van der Waals surface area (Å²) in [4.78, 5) is 36.7. The SMILES string of the molecule is C=CS(=O)(=O)NCCCCCC(=O)NC(CCC(=O)OC(C)(C)C)C(=O)OC(C)(C)C. The lowest BCUT2D eigenvalue weighted by atomic mass is 10.1. The number of hydrogen-bond donors (Lipinski definition) is 2. The number of ether oxygens (including phenoxy) is 2. The third-order valence-electron chi connectivity index (χ3n) is 3.69. The number of amides is 1. The van der Waals surface area contributed by atoms with Gasteiger partial charge in [-0.1, -0.05) is 13.0 Å². The van der Waals surface area contributed by atoms with Crippen LogP contribution in [0.15, 0.2) is 12.0 Å². The van der Waals surface area contributed by atoms with Crippen LogP contribution in [0.1, 0.15) is 80.1 Å². The predicted molar refractivity (Wildman–Crippen MR) is 118 cm³/mol. The van der Waals surface area contributed by atoms with Gasteiger partial charge in [0.15, 0.2) is 0 Å². The molecule has 0 fully saturated rings. The Morgan fingerprint density at radius 1 is 0.935 bits per heavy atom. The summed E-state index contributed by atoms with van der Waals surface area (Å²) in [7, 11) is -3.44. The zero-order valence-corrected chi connectivity index (χ0v) is 20.4. The van der Waals surface area contributed by atoms with Crippen LogP contribution in [0.5, 0.6) is 0 Å². The molecule has 180 valence electrons. The van der Waals surface area contributed by atoms with Gasteiger partial charge >= 0.3 is 11.9 Å². The van der Waals surface area contributed by atoms with Crippen LogP contribution in [0.25, 0.3) is 0 Å². The van der Waals surface area contributed by atoms with Crippen LogP contribution >= 0.6 is 0 Å². The number of rotatable bonds is 13. The molecule has 2 N–H and O–H groups in total. The minimum absolute atomic E-state index is 0.0368. The normalized spacial score (nSPS) is 13.2. The van der Waals surface area contributed by atoms with Crippen LogP contribution in [0.4, 0.5) is 0 Å². The second kappa shape index (κ2) is 12.8. The van der Waals surface area contributed by atoms with Crippen LogP contribution in [-0.4, -0.2) is 50.1 Å². The molecule has 0 rings (SSSR count). The fourth-order valence-corrected chi connectivity index (χ4v) is 2.95. The van der Waals surface area contributed by atoms with Crippen molar-refractivity contribution >= 4 is 27.9 Å². The van der Waals surface area contributed by atoms with E-state index in [9.17, 15) is 22.8 Å². The van der Waals surface area contributed by atoms with Gasteiger partial charge in [0, 0.05) is 24.8 Å². The van der Waals surface area contributed by atoms with Crippen molar-refractivity contribution in [2.45, 2.75) is 97.3 Å². The molecule has 0 radical (unpaired) electrons. The quantitative estimate of drug-likeness (QED) is 0.318. The molecule has 0 bridgehead atoms. The highest BCUT2D eigenvalue weighted by Gasteiger charge is 2.28. The maximum absolute atomic E-state index is 12.5. The van der Waals surface area contributed by atoms with Gasteiger partial charge in [0.2, 0.25) is 15.9 Å². The van der Waals surface area contributed by atoms with Crippen LogP contribution in [0, 0.1) is 0 Å². The minimum atomic E-state index is -3.44. The summed E-state index contributed by atoms with van der Waals surface area (Å²) in [5.41, 5.74) is -1.37. The Morgan fingerprint density at radius 3 is 2.03 bits per heavy atom. The van der Waals surface area contributed by atoms with Gasteiger partial charge < -0.3 is 14.8 Å². The standard InChI is InChI=1S/C21H38N2O7S/c1-8-31(27,28)22-15-11-9-10-12-17(24)23-16(19(26)30-21(5,6)7)13-14-18(25)29-20(2,3)4/h8,16,22H,1,9-15H2,2-7H3,(H,23,24). The summed E-state index contributed by atoms with van der Waals surface area (Å²) < 4.78 is 35.4. The Kier molecular flexibility index (Phi) is 12.0. The van der Waals surface area contributed by atoms with E-state index in [-0.39, 0.29) is 31.7 Å². The van der Waals surface area contributed by atoms with E-state index in [4.69, 9.17) is 9.47 Å². The van der Waals surface area contributed by atoms with Crippen molar-refractivity contribution in [1.82, 2.24) is 10.0 Å². The third-order valence-corrected chi connectivity index (χ3v) is 4.73. The van der Waals surface area contributed by atoms with E-state index in [1.807, 2.05) is 0 Å². The zero-order valence-electron chi connectivity index (χ0n) is 19.6. The van der Waals surface area contributed by atoms with Crippen molar-refractivity contribution in [1.29, 1.82) is 0 Å². The van der Waals surface area contributed by atoms with Gasteiger partial charge in [0.25, 0.3) is 0 Å². The molecule has 0 saturated heterocycles. The van der Waals surface area contributed by atoms with Gasteiger partial charge in [-0.3, -0.25) is 9.59 Å². The Hall–Kier alpha value is -1.94. The second-order valence-corrected chi connectivity index (χ2v) is 10.9. The first kappa shape index (κ1) is 29.1. The Balaban J connectivity index is 4.62. The number of carbonyl (C=O) groups excluding carboxylic acids is 3. The third kappa shape index (κ3) is 16.4. The van der Waals surface area contributed by atoms with E-state index < -0.39 is 39.2 Å². The molecule has 1 amide bonds.